The van der Waals surface area contributed by atoms with Crippen LogP contribution in [0, 0.1) is 6.92 Å². The predicted molar refractivity (Wildman–Crippen MR) is 67.0 cm³/mol. The quantitative estimate of drug-likeness (QED) is 0.815. The van der Waals surface area contributed by atoms with Crippen LogP contribution < -0.4 is 10.6 Å². The summed E-state index contributed by atoms with van der Waals surface area (Å²) >= 11 is 0. The van der Waals surface area contributed by atoms with Crippen molar-refractivity contribution < 1.29 is 8.42 Å². The van der Waals surface area contributed by atoms with E-state index >= 15 is 0 Å². The number of hydrogen-bond donors (Lipinski definition) is 2. The third kappa shape index (κ3) is 3.06. The molecule has 1 aromatic rings. The van der Waals surface area contributed by atoms with Gasteiger partial charge in [0.1, 0.15) is 17.5 Å². The topological polar surface area (TPSA) is 84.0 Å². The van der Waals surface area contributed by atoms with E-state index in [-0.39, 0.29) is 17.5 Å². The average molecular weight is 256 g/mol. The van der Waals surface area contributed by atoms with E-state index in [4.69, 9.17) is 0 Å². The molecule has 0 aromatic carbocycles. The normalized spacial score (nSPS) is 22.4. The number of nitrogens with one attached hydrogen (secondary N) is 2. The van der Waals surface area contributed by atoms with E-state index < -0.39 is 9.84 Å². The van der Waals surface area contributed by atoms with Gasteiger partial charge in [0.15, 0.2) is 9.84 Å². The molecular weight excluding hydrogens is 240 g/mol. The highest BCUT2D eigenvalue weighted by atomic mass is 32.2. The van der Waals surface area contributed by atoms with Crippen LogP contribution in [0.4, 0.5) is 11.6 Å². The highest BCUT2D eigenvalue weighted by molar-refractivity contribution is 7.91. The summed E-state index contributed by atoms with van der Waals surface area (Å²) in [6.45, 7) is 1.80. The summed E-state index contributed by atoms with van der Waals surface area (Å²) < 4.78 is 22.7. The lowest BCUT2D eigenvalue weighted by atomic mass is 10.2. The van der Waals surface area contributed by atoms with Crippen molar-refractivity contribution in [2.24, 2.45) is 0 Å². The molecule has 0 saturated carbocycles. The molecule has 1 fully saturated rings. The van der Waals surface area contributed by atoms with E-state index in [9.17, 15) is 8.42 Å². The molecule has 0 spiro atoms. The largest absolute Gasteiger partial charge is 0.373 e. The molecule has 1 aliphatic heterocycles. The summed E-state index contributed by atoms with van der Waals surface area (Å²) in [5.74, 6) is 2.49. The first-order valence-corrected chi connectivity index (χ1v) is 7.31. The molecule has 0 amide bonds. The van der Waals surface area contributed by atoms with Gasteiger partial charge in [-0.1, -0.05) is 0 Å². The Morgan fingerprint density at radius 1 is 1.35 bits per heavy atom. The molecule has 2 N–H and O–H groups in total. The van der Waals surface area contributed by atoms with Crippen LogP contribution in [0.5, 0.6) is 0 Å². The number of rotatable bonds is 3. The lowest BCUT2D eigenvalue weighted by molar-refractivity contribution is 0.602. The van der Waals surface area contributed by atoms with Gasteiger partial charge in [0.25, 0.3) is 0 Å². The highest BCUT2D eigenvalue weighted by Crippen LogP contribution is 2.17. The fraction of sp³-hybridized carbons (Fsp3) is 0.600. The Bertz CT molecular complexity index is 515. The van der Waals surface area contributed by atoms with Gasteiger partial charge in [0, 0.05) is 19.2 Å². The van der Waals surface area contributed by atoms with Crippen LogP contribution in [-0.2, 0) is 9.84 Å². The molecule has 1 atom stereocenters. The summed E-state index contributed by atoms with van der Waals surface area (Å²) in [6, 6.07) is 1.73. The van der Waals surface area contributed by atoms with Crippen molar-refractivity contribution in [1.82, 2.24) is 9.97 Å². The Morgan fingerprint density at radius 3 is 2.65 bits per heavy atom. The van der Waals surface area contributed by atoms with Crippen LogP contribution in [0.2, 0.25) is 0 Å². The molecule has 2 heterocycles. The van der Waals surface area contributed by atoms with Crippen molar-refractivity contribution >= 4 is 21.5 Å². The van der Waals surface area contributed by atoms with Gasteiger partial charge in [-0.3, -0.25) is 0 Å². The number of nitrogens with zero attached hydrogens (tertiary/aromatic N) is 2. The Morgan fingerprint density at radius 2 is 2.06 bits per heavy atom. The van der Waals surface area contributed by atoms with Crippen molar-refractivity contribution in [3.05, 3.63) is 11.9 Å². The van der Waals surface area contributed by atoms with E-state index in [2.05, 4.69) is 20.6 Å². The fourth-order valence-corrected chi connectivity index (χ4v) is 3.56. The molecule has 1 aromatic heterocycles. The van der Waals surface area contributed by atoms with Crippen molar-refractivity contribution in [2.75, 3.05) is 29.2 Å². The molecule has 7 heteroatoms. The molecule has 0 radical (unpaired) electrons. The lowest BCUT2D eigenvalue weighted by Gasteiger charge is -2.12. The molecule has 17 heavy (non-hydrogen) atoms. The lowest BCUT2D eigenvalue weighted by Crippen LogP contribution is -2.21. The highest BCUT2D eigenvalue weighted by Gasteiger charge is 2.27. The summed E-state index contributed by atoms with van der Waals surface area (Å²) in [5.41, 5.74) is 0. The third-order valence-electron chi connectivity index (χ3n) is 2.68. The second kappa shape index (κ2) is 4.48. The van der Waals surface area contributed by atoms with E-state index in [1.54, 1.807) is 20.0 Å². The van der Waals surface area contributed by atoms with Crippen LogP contribution >= 0.6 is 0 Å². The van der Waals surface area contributed by atoms with Gasteiger partial charge in [0.2, 0.25) is 0 Å². The summed E-state index contributed by atoms with van der Waals surface area (Å²) in [5, 5.41) is 6.08. The molecule has 0 aliphatic carbocycles. The van der Waals surface area contributed by atoms with Crippen LogP contribution in [0.15, 0.2) is 6.07 Å². The summed E-state index contributed by atoms with van der Waals surface area (Å²) in [6.07, 6.45) is 0.639. The first kappa shape index (κ1) is 12.1. The van der Waals surface area contributed by atoms with E-state index in [0.717, 1.165) is 5.82 Å². The van der Waals surface area contributed by atoms with Crippen LogP contribution in [-0.4, -0.2) is 43.0 Å². The minimum absolute atomic E-state index is 0.0426. The van der Waals surface area contributed by atoms with Gasteiger partial charge in [-0.15, -0.1) is 0 Å². The zero-order valence-electron chi connectivity index (χ0n) is 9.90. The first-order chi connectivity index (χ1) is 7.98. The van der Waals surface area contributed by atoms with Gasteiger partial charge in [0.05, 0.1) is 11.5 Å². The summed E-state index contributed by atoms with van der Waals surface area (Å²) in [4.78, 5) is 8.41. The monoisotopic (exact) mass is 256 g/mol. The van der Waals surface area contributed by atoms with Crippen molar-refractivity contribution in [1.29, 1.82) is 0 Å². The zero-order valence-corrected chi connectivity index (χ0v) is 10.7. The minimum Gasteiger partial charge on any atom is -0.373 e. The number of hydrogen-bond acceptors (Lipinski definition) is 6. The standard InChI is InChI=1S/C10H16N4O2S/c1-7-12-9(11-2)5-10(13-7)14-8-3-4-17(15,16)6-8/h5,8H,3-4,6H2,1-2H3,(H2,11,12,13,14)/t8-/m1/s1. The fourth-order valence-electron chi connectivity index (χ4n) is 1.89. The second-order valence-electron chi connectivity index (χ2n) is 4.18. The van der Waals surface area contributed by atoms with Gasteiger partial charge in [-0.25, -0.2) is 18.4 Å². The molecule has 0 bridgehead atoms. The van der Waals surface area contributed by atoms with Crippen molar-refractivity contribution in [3.8, 4) is 0 Å². The maximum atomic E-state index is 11.3. The van der Waals surface area contributed by atoms with Crippen molar-refractivity contribution in [3.63, 3.8) is 0 Å². The second-order valence-corrected chi connectivity index (χ2v) is 6.41. The first-order valence-electron chi connectivity index (χ1n) is 5.49. The van der Waals surface area contributed by atoms with E-state index in [1.165, 1.54) is 0 Å². The Kier molecular flexibility index (Phi) is 3.19. The molecular formula is C10H16N4O2S. The maximum Gasteiger partial charge on any atom is 0.152 e. The van der Waals surface area contributed by atoms with Gasteiger partial charge in [-0.2, -0.15) is 0 Å². The molecule has 0 unspecified atom stereocenters. The van der Waals surface area contributed by atoms with Crippen LogP contribution in [0.1, 0.15) is 12.2 Å². The van der Waals surface area contributed by atoms with E-state index in [1.807, 2.05) is 0 Å². The number of aryl methyl sites for hydroxylation is 1. The smallest absolute Gasteiger partial charge is 0.152 e. The van der Waals surface area contributed by atoms with Crippen LogP contribution in [0.25, 0.3) is 0 Å². The SMILES string of the molecule is CNc1cc(N[C@@H]2CCS(=O)(=O)C2)nc(C)n1. The zero-order chi connectivity index (χ0) is 12.5. The molecule has 94 valence electrons. The van der Waals surface area contributed by atoms with Gasteiger partial charge in [-0.05, 0) is 13.3 Å². The minimum atomic E-state index is -2.86. The Balaban J connectivity index is 2.11. The average Bonchev–Trinajstić information content (AvgIpc) is 2.57. The van der Waals surface area contributed by atoms with Crippen LogP contribution in [0.3, 0.4) is 0 Å². The molecule has 2 rings (SSSR count). The maximum absolute atomic E-state index is 11.3. The summed E-state index contributed by atoms with van der Waals surface area (Å²) in [7, 11) is -1.08. The van der Waals surface area contributed by atoms with E-state index in [0.29, 0.717) is 18.1 Å². The Hall–Kier alpha value is -1.37. The molecule has 1 saturated heterocycles. The van der Waals surface area contributed by atoms with Crippen molar-refractivity contribution in [2.45, 2.75) is 19.4 Å². The third-order valence-corrected chi connectivity index (χ3v) is 4.45. The van der Waals surface area contributed by atoms with Gasteiger partial charge < -0.3 is 10.6 Å². The number of aromatic nitrogens is 2. The number of sulfone groups is 1. The predicted octanol–water partition coefficient (Wildman–Crippen LogP) is 0.426. The van der Waals surface area contributed by atoms with Gasteiger partial charge >= 0.3 is 0 Å². The molecule has 6 nitrogen and oxygen atoms in total. The molecule has 1 aliphatic rings. The number of anilines is 2. The Labute approximate surface area is 101 Å².